The van der Waals surface area contributed by atoms with Gasteiger partial charge in [-0.2, -0.15) is 5.10 Å². The summed E-state index contributed by atoms with van der Waals surface area (Å²) in [5, 5.41) is 15.9. The van der Waals surface area contributed by atoms with Gasteiger partial charge in [-0.05, 0) is 19.4 Å². The SMILES string of the molecule is CCOC(=O)c1cc(CC)sc1NC(=O)c1cnn(C)c1C(=O)O. The summed E-state index contributed by atoms with van der Waals surface area (Å²) < 4.78 is 6.09. The molecule has 2 heterocycles. The number of nitrogens with one attached hydrogen (secondary N) is 1. The fraction of sp³-hybridized carbons (Fsp3) is 0.333. The van der Waals surface area contributed by atoms with E-state index in [2.05, 4.69) is 10.4 Å². The van der Waals surface area contributed by atoms with Crippen LogP contribution in [-0.4, -0.2) is 39.3 Å². The van der Waals surface area contributed by atoms with E-state index in [9.17, 15) is 19.5 Å². The maximum absolute atomic E-state index is 12.4. The molecule has 2 aromatic rings. The molecule has 0 aliphatic rings. The largest absolute Gasteiger partial charge is 0.477 e. The number of nitrogens with zero attached hydrogens (tertiary/aromatic N) is 2. The number of carbonyl (C=O) groups is 3. The van der Waals surface area contributed by atoms with Gasteiger partial charge in [-0.25, -0.2) is 9.59 Å². The Hall–Kier alpha value is -2.68. The number of aryl methyl sites for hydroxylation is 2. The summed E-state index contributed by atoms with van der Waals surface area (Å²) in [6.45, 7) is 3.84. The van der Waals surface area contributed by atoms with E-state index in [4.69, 9.17) is 4.74 Å². The summed E-state index contributed by atoms with van der Waals surface area (Å²) in [4.78, 5) is 36.6. The van der Waals surface area contributed by atoms with E-state index in [1.165, 1.54) is 24.6 Å². The first-order valence-corrected chi connectivity index (χ1v) is 8.07. The highest BCUT2D eigenvalue weighted by molar-refractivity contribution is 7.16. The lowest BCUT2D eigenvalue weighted by atomic mass is 10.2. The molecule has 0 spiro atoms. The van der Waals surface area contributed by atoms with Crippen LogP contribution in [0, 0.1) is 0 Å². The topological polar surface area (TPSA) is 111 Å². The Morgan fingerprint density at radius 2 is 2.04 bits per heavy atom. The second-order valence-corrected chi connectivity index (χ2v) is 5.96. The summed E-state index contributed by atoms with van der Waals surface area (Å²) in [6, 6.07) is 1.67. The minimum Gasteiger partial charge on any atom is -0.477 e. The van der Waals surface area contributed by atoms with Gasteiger partial charge in [-0.3, -0.25) is 9.48 Å². The summed E-state index contributed by atoms with van der Waals surface area (Å²) >= 11 is 1.25. The van der Waals surface area contributed by atoms with Gasteiger partial charge >= 0.3 is 11.9 Å². The van der Waals surface area contributed by atoms with Gasteiger partial charge in [-0.1, -0.05) is 6.92 Å². The molecule has 0 aliphatic heterocycles. The van der Waals surface area contributed by atoms with Crippen molar-refractivity contribution in [2.24, 2.45) is 7.05 Å². The van der Waals surface area contributed by atoms with Crippen LogP contribution in [0.15, 0.2) is 12.3 Å². The molecule has 0 saturated carbocycles. The molecule has 24 heavy (non-hydrogen) atoms. The van der Waals surface area contributed by atoms with E-state index in [1.54, 1.807) is 13.0 Å². The van der Waals surface area contributed by atoms with E-state index in [0.29, 0.717) is 11.4 Å². The van der Waals surface area contributed by atoms with Crippen molar-refractivity contribution in [1.29, 1.82) is 0 Å². The van der Waals surface area contributed by atoms with Crippen LogP contribution in [-0.2, 0) is 18.2 Å². The summed E-state index contributed by atoms with van der Waals surface area (Å²) in [5.74, 6) is -2.44. The second-order valence-electron chi connectivity index (χ2n) is 4.82. The van der Waals surface area contributed by atoms with E-state index >= 15 is 0 Å². The first kappa shape index (κ1) is 17.7. The predicted octanol–water partition coefficient (Wildman–Crippen LogP) is 2.17. The third-order valence-corrected chi connectivity index (χ3v) is 4.43. The van der Waals surface area contributed by atoms with Crippen LogP contribution in [0.5, 0.6) is 0 Å². The molecule has 0 atom stereocenters. The number of carbonyl (C=O) groups excluding carboxylic acids is 2. The molecule has 2 rings (SSSR count). The molecule has 0 unspecified atom stereocenters. The van der Waals surface area contributed by atoms with Crippen LogP contribution >= 0.6 is 11.3 Å². The summed E-state index contributed by atoms with van der Waals surface area (Å²) in [7, 11) is 1.44. The number of anilines is 1. The molecule has 0 aromatic carbocycles. The lowest BCUT2D eigenvalue weighted by Crippen LogP contribution is -2.18. The molecule has 0 saturated heterocycles. The van der Waals surface area contributed by atoms with Crippen LogP contribution in [0.25, 0.3) is 0 Å². The minimum atomic E-state index is -1.26. The maximum Gasteiger partial charge on any atom is 0.354 e. The lowest BCUT2D eigenvalue weighted by Gasteiger charge is -2.06. The standard InChI is InChI=1S/C15H17N3O5S/c1-4-8-6-9(15(22)23-5-2)13(24-8)17-12(19)10-7-16-18(3)11(10)14(20)21/h6-7H,4-5H2,1-3H3,(H,17,19)(H,20,21). The maximum atomic E-state index is 12.4. The van der Waals surface area contributed by atoms with Crippen LogP contribution < -0.4 is 5.32 Å². The predicted molar refractivity (Wildman–Crippen MR) is 87.8 cm³/mol. The summed E-state index contributed by atoms with van der Waals surface area (Å²) in [5.41, 5.74) is -0.0449. The quantitative estimate of drug-likeness (QED) is 0.772. The van der Waals surface area contributed by atoms with Gasteiger partial charge in [0.1, 0.15) is 5.00 Å². The summed E-state index contributed by atoms with van der Waals surface area (Å²) in [6.07, 6.45) is 1.87. The number of aromatic carboxylic acids is 1. The number of carboxylic acids is 1. The lowest BCUT2D eigenvalue weighted by molar-refractivity contribution is 0.0527. The Bertz CT molecular complexity index is 793. The van der Waals surface area contributed by atoms with Gasteiger partial charge in [0.2, 0.25) is 0 Å². The number of thiophene rings is 1. The Kier molecular flexibility index (Phi) is 5.35. The number of aromatic nitrogens is 2. The molecule has 0 aliphatic carbocycles. The third-order valence-electron chi connectivity index (χ3n) is 3.24. The van der Waals surface area contributed by atoms with Gasteiger partial charge in [0.15, 0.2) is 5.69 Å². The van der Waals surface area contributed by atoms with Crippen molar-refractivity contribution in [2.75, 3.05) is 11.9 Å². The van der Waals surface area contributed by atoms with Crippen molar-refractivity contribution in [3.63, 3.8) is 0 Å². The van der Waals surface area contributed by atoms with Crippen LogP contribution in [0.1, 0.15) is 49.9 Å². The van der Waals surface area contributed by atoms with Crippen LogP contribution in [0.2, 0.25) is 0 Å². The zero-order valence-electron chi connectivity index (χ0n) is 13.5. The molecule has 0 bridgehead atoms. The molecular weight excluding hydrogens is 334 g/mol. The molecule has 0 radical (unpaired) electrons. The molecule has 0 fully saturated rings. The van der Waals surface area contributed by atoms with Crippen molar-refractivity contribution in [2.45, 2.75) is 20.3 Å². The highest BCUT2D eigenvalue weighted by atomic mass is 32.1. The zero-order chi connectivity index (χ0) is 17.9. The number of hydrogen-bond donors (Lipinski definition) is 2. The number of hydrogen-bond acceptors (Lipinski definition) is 6. The number of amides is 1. The van der Waals surface area contributed by atoms with Crippen LogP contribution in [0.4, 0.5) is 5.00 Å². The number of esters is 1. The third kappa shape index (κ3) is 3.46. The van der Waals surface area contributed by atoms with Crippen molar-refractivity contribution in [3.05, 3.63) is 34.0 Å². The van der Waals surface area contributed by atoms with E-state index in [0.717, 1.165) is 9.56 Å². The average Bonchev–Trinajstić information content (AvgIpc) is 3.10. The Morgan fingerprint density at radius 1 is 1.33 bits per heavy atom. The molecule has 128 valence electrons. The molecule has 9 heteroatoms. The average molecular weight is 351 g/mol. The van der Waals surface area contributed by atoms with Crippen molar-refractivity contribution >= 4 is 34.2 Å². The Labute approximate surface area is 142 Å². The minimum absolute atomic E-state index is 0.0775. The molecular formula is C15H17N3O5S. The van der Waals surface area contributed by atoms with Gasteiger partial charge < -0.3 is 15.2 Å². The highest BCUT2D eigenvalue weighted by Gasteiger charge is 2.24. The van der Waals surface area contributed by atoms with Gasteiger partial charge in [0.25, 0.3) is 5.91 Å². The fourth-order valence-corrected chi connectivity index (χ4v) is 3.08. The first-order valence-electron chi connectivity index (χ1n) is 7.25. The fourth-order valence-electron chi connectivity index (χ4n) is 2.10. The van der Waals surface area contributed by atoms with Gasteiger partial charge in [-0.15, -0.1) is 11.3 Å². The van der Waals surface area contributed by atoms with Crippen molar-refractivity contribution in [1.82, 2.24) is 9.78 Å². The molecule has 2 aromatic heterocycles. The van der Waals surface area contributed by atoms with Gasteiger partial charge in [0.05, 0.1) is 23.9 Å². The first-order chi connectivity index (χ1) is 11.4. The number of carboxylic acid groups (broad SMARTS) is 1. The van der Waals surface area contributed by atoms with Crippen LogP contribution in [0.3, 0.4) is 0 Å². The molecule has 1 amide bonds. The van der Waals surface area contributed by atoms with E-state index in [-0.39, 0.29) is 23.4 Å². The monoisotopic (exact) mass is 351 g/mol. The second kappa shape index (κ2) is 7.26. The molecule has 8 nitrogen and oxygen atoms in total. The Morgan fingerprint density at radius 3 is 2.62 bits per heavy atom. The van der Waals surface area contributed by atoms with Crippen molar-refractivity contribution in [3.8, 4) is 0 Å². The van der Waals surface area contributed by atoms with Gasteiger partial charge in [0, 0.05) is 11.9 Å². The van der Waals surface area contributed by atoms with E-state index in [1.807, 2.05) is 6.92 Å². The highest BCUT2D eigenvalue weighted by Crippen LogP contribution is 2.30. The molecule has 2 N–H and O–H groups in total. The number of rotatable bonds is 6. The van der Waals surface area contributed by atoms with Crippen molar-refractivity contribution < 1.29 is 24.2 Å². The van der Waals surface area contributed by atoms with E-state index < -0.39 is 17.8 Å². The zero-order valence-corrected chi connectivity index (χ0v) is 14.3. The Balaban J connectivity index is 2.34. The normalized spacial score (nSPS) is 10.5. The number of ether oxygens (including phenoxy) is 1. The smallest absolute Gasteiger partial charge is 0.354 e.